The highest BCUT2D eigenvalue weighted by Crippen LogP contribution is 2.30. The van der Waals surface area contributed by atoms with Crippen molar-refractivity contribution in [2.45, 2.75) is 26.7 Å². The van der Waals surface area contributed by atoms with Gasteiger partial charge in [-0.25, -0.2) is 8.42 Å². The van der Waals surface area contributed by atoms with E-state index in [-0.39, 0.29) is 5.91 Å². The number of rotatable bonds is 3. The molecule has 1 amide bonds. The van der Waals surface area contributed by atoms with Gasteiger partial charge in [0, 0.05) is 17.8 Å². The zero-order valence-corrected chi connectivity index (χ0v) is 15.5. The fourth-order valence-electron chi connectivity index (χ4n) is 3.13. The molecule has 0 bridgehead atoms. The third kappa shape index (κ3) is 3.54. The average molecular weight is 358 g/mol. The zero-order valence-electron chi connectivity index (χ0n) is 14.7. The lowest BCUT2D eigenvalue weighted by molar-refractivity contribution is 0.102. The van der Waals surface area contributed by atoms with E-state index in [1.54, 1.807) is 18.2 Å². The van der Waals surface area contributed by atoms with E-state index >= 15 is 0 Å². The fraction of sp³-hybridized carbons (Fsp3) is 0.316. The third-order valence-corrected chi connectivity index (χ3v) is 5.85. The topological polar surface area (TPSA) is 66.5 Å². The summed E-state index contributed by atoms with van der Waals surface area (Å²) in [6.45, 7) is 4.46. The highest BCUT2D eigenvalue weighted by Gasteiger charge is 2.24. The molecule has 1 heterocycles. The molecule has 5 nitrogen and oxygen atoms in total. The largest absolute Gasteiger partial charge is 0.322 e. The molecule has 132 valence electrons. The van der Waals surface area contributed by atoms with Crippen LogP contribution in [0.3, 0.4) is 0 Å². The van der Waals surface area contributed by atoms with E-state index in [0.29, 0.717) is 17.8 Å². The van der Waals surface area contributed by atoms with Crippen molar-refractivity contribution in [2.75, 3.05) is 22.4 Å². The maximum atomic E-state index is 12.6. The maximum absolute atomic E-state index is 12.6. The number of benzene rings is 2. The molecule has 0 fully saturated rings. The van der Waals surface area contributed by atoms with Gasteiger partial charge in [-0.3, -0.25) is 9.10 Å². The molecule has 1 aliphatic rings. The lowest BCUT2D eigenvalue weighted by atomic mass is 10.0. The first kappa shape index (κ1) is 17.5. The Kier molecular flexibility index (Phi) is 4.56. The Labute approximate surface area is 148 Å². The number of anilines is 2. The van der Waals surface area contributed by atoms with E-state index in [1.165, 1.54) is 10.6 Å². The number of hydrogen-bond acceptors (Lipinski definition) is 3. The second-order valence-corrected chi connectivity index (χ2v) is 8.39. The number of nitrogens with zero attached hydrogens (tertiary/aromatic N) is 1. The predicted molar refractivity (Wildman–Crippen MR) is 101 cm³/mol. The van der Waals surface area contributed by atoms with Crippen molar-refractivity contribution in [1.29, 1.82) is 0 Å². The maximum Gasteiger partial charge on any atom is 0.255 e. The normalized spacial score (nSPS) is 14.1. The first-order valence-corrected chi connectivity index (χ1v) is 10.1. The molecule has 0 saturated carbocycles. The number of fused-ring (bicyclic) bond motifs is 1. The molecule has 0 unspecified atom stereocenters. The van der Waals surface area contributed by atoms with Crippen molar-refractivity contribution in [2.24, 2.45) is 0 Å². The molecule has 1 aliphatic heterocycles. The van der Waals surface area contributed by atoms with Gasteiger partial charge in [-0.15, -0.1) is 0 Å². The van der Waals surface area contributed by atoms with Crippen LogP contribution in [0.25, 0.3) is 0 Å². The molecule has 3 rings (SSSR count). The van der Waals surface area contributed by atoms with Crippen molar-refractivity contribution in [3.05, 3.63) is 58.7 Å². The van der Waals surface area contributed by atoms with Crippen LogP contribution >= 0.6 is 0 Å². The molecular formula is C19H22N2O3S. The van der Waals surface area contributed by atoms with E-state index in [2.05, 4.69) is 5.32 Å². The van der Waals surface area contributed by atoms with Crippen LogP contribution in [0.1, 0.15) is 33.5 Å². The van der Waals surface area contributed by atoms with Crippen LogP contribution in [0.5, 0.6) is 0 Å². The van der Waals surface area contributed by atoms with Gasteiger partial charge in [0.05, 0.1) is 11.9 Å². The lowest BCUT2D eigenvalue weighted by Gasteiger charge is -2.29. The van der Waals surface area contributed by atoms with Gasteiger partial charge in [-0.05, 0) is 67.6 Å². The minimum atomic E-state index is -3.30. The van der Waals surface area contributed by atoms with Crippen LogP contribution in [0, 0.1) is 13.8 Å². The minimum Gasteiger partial charge on any atom is -0.322 e. The minimum absolute atomic E-state index is 0.187. The van der Waals surface area contributed by atoms with Gasteiger partial charge in [0.2, 0.25) is 10.0 Å². The monoisotopic (exact) mass is 358 g/mol. The summed E-state index contributed by atoms with van der Waals surface area (Å²) < 4.78 is 25.3. The quantitative estimate of drug-likeness (QED) is 0.916. The SMILES string of the molecule is Cc1cccc(NC(=O)c2ccc3c(c2)CCCN3S(C)(=O)=O)c1C. The Morgan fingerprint density at radius 2 is 1.92 bits per heavy atom. The third-order valence-electron chi connectivity index (χ3n) is 4.67. The van der Waals surface area contributed by atoms with Crippen molar-refractivity contribution in [3.63, 3.8) is 0 Å². The van der Waals surface area contributed by atoms with Gasteiger partial charge in [0.1, 0.15) is 0 Å². The standard InChI is InChI=1S/C19H22N2O3S/c1-13-6-4-8-17(14(13)2)20-19(22)16-9-10-18-15(12-16)7-5-11-21(18)25(3,23)24/h4,6,8-10,12H,5,7,11H2,1-3H3,(H,20,22). The summed E-state index contributed by atoms with van der Waals surface area (Å²) in [5, 5.41) is 2.94. The summed E-state index contributed by atoms with van der Waals surface area (Å²) in [5.74, 6) is -0.187. The number of aryl methyl sites for hydroxylation is 2. The summed E-state index contributed by atoms with van der Waals surface area (Å²) in [7, 11) is -3.30. The van der Waals surface area contributed by atoms with Crippen LogP contribution in [-0.4, -0.2) is 27.1 Å². The molecule has 0 atom stereocenters. The highest BCUT2D eigenvalue weighted by molar-refractivity contribution is 7.92. The van der Waals surface area contributed by atoms with Crippen LogP contribution < -0.4 is 9.62 Å². The summed E-state index contributed by atoms with van der Waals surface area (Å²) in [4.78, 5) is 12.6. The molecule has 2 aromatic rings. The van der Waals surface area contributed by atoms with Crippen molar-refractivity contribution >= 4 is 27.3 Å². The van der Waals surface area contributed by atoms with Gasteiger partial charge in [0.25, 0.3) is 5.91 Å². The molecule has 1 N–H and O–H groups in total. The van der Waals surface area contributed by atoms with Crippen LogP contribution in [0.15, 0.2) is 36.4 Å². The lowest BCUT2D eigenvalue weighted by Crippen LogP contribution is -2.34. The number of amides is 1. The molecule has 2 aromatic carbocycles. The van der Waals surface area contributed by atoms with E-state index in [0.717, 1.165) is 35.2 Å². The molecule has 0 aromatic heterocycles. The van der Waals surface area contributed by atoms with Crippen molar-refractivity contribution < 1.29 is 13.2 Å². The number of carbonyl (C=O) groups excluding carboxylic acids is 1. The molecular weight excluding hydrogens is 336 g/mol. The summed E-state index contributed by atoms with van der Waals surface area (Å²) >= 11 is 0. The van der Waals surface area contributed by atoms with Gasteiger partial charge in [0.15, 0.2) is 0 Å². The number of nitrogens with one attached hydrogen (secondary N) is 1. The zero-order chi connectivity index (χ0) is 18.2. The molecule has 0 radical (unpaired) electrons. The van der Waals surface area contributed by atoms with Crippen LogP contribution in [0.2, 0.25) is 0 Å². The van der Waals surface area contributed by atoms with Gasteiger partial charge in [-0.2, -0.15) is 0 Å². The first-order valence-electron chi connectivity index (χ1n) is 8.25. The van der Waals surface area contributed by atoms with E-state index < -0.39 is 10.0 Å². The van der Waals surface area contributed by atoms with Crippen LogP contribution in [0.4, 0.5) is 11.4 Å². The van der Waals surface area contributed by atoms with E-state index in [4.69, 9.17) is 0 Å². The molecule has 0 saturated heterocycles. The Bertz CT molecular complexity index is 936. The van der Waals surface area contributed by atoms with E-state index in [9.17, 15) is 13.2 Å². The second-order valence-electron chi connectivity index (χ2n) is 6.48. The molecule has 6 heteroatoms. The van der Waals surface area contributed by atoms with Gasteiger partial charge >= 0.3 is 0 Å². The van der Waals surface area contributed by atoms with E-state index in [1.807, 2.05) is 32.0 Å². The molecule has 25 heavy (non-hydrogen) atoms. The number of hydrogen-bond donors (Lipinski definition) is 1. The summed E-state index contributed by atoms with van der Waals surface area (Å²) in [6.07, 6.45) is 2.73. The molecule has 0 spiro atoms. The Balaban J connectivity index is 1.89. The van der Waals surface area contributed by atoms with Gasteiger partial charge in [-0.1, -0.05) is 12.1 Å². The van der Waals surface area contributed by atoms with Crippen molar-refractivity contribution in [1.82, 2.24) is 0 Å². The Hall–Kier alpha value is -2.34. The number of sulfonamides is 1. The Morgan fingerprint density at radius 1 is 1.16 bits per heavy atom. The average Bonchev–Trinajstić information content (AvgIpc) is 2.57. The highest BCUT2D eigenvalue weighted by atomic mass is 32.2. The number of carbonyl (C=O) groups is 1. The Morgan fingerprint density at radius 3 is 2.64 bits per heavy atom. The summed E-state index contributed by atoms with van der Waals surface area (Å²) in [6, 6.07) is 11.0. The molecule has 0 aliphatic carbocycles. The van der Waals surface area contributed by atoms with Crippen LogP contribution in [-0.2, 0) is 16.4 Å². The van der Waals surface area contributed by atoms with Gasteiger partial charge < -0.3 is 5.32 Å². The second kappa shape index (κ2) is 6.52. The van der Waals surface area contributed by atoms with Crippen molar-refractivity contribution in [3.8, 4) is 0 Å². The first-order chi connectivity index (χ1) is 11.8. The smallest absolute Gasteiger partial charge is 0.255 e. The predicted octanol–water partition coefficient (Wildman–Crippen LogP) is 3.27. The fourth-order valence-corrected chi connectivity index (χ4v) is 4.13. The summed E-state index contributed by atoms with van der Waals surface area (Å²) in [5.41, 5.74) is 5.06.